The molecule has 5 nitrogen and oxygen atoms in total. The van der Waals surface area contributed by atoms with Crippen LogP contribution in [0.3, 0.4) is 0 Å². The minimum atomic E-state index is -3.90. The Labute approximate surface area is 143 Å². The second-order valence-electron chi connectivity index (χ2n) is 6.22. The molecule has 6 heteroatoms. The van der Waals surface area contributed by atoms with Crippen molar-refractivity contribution in [3.05, 3.63) is 59.9 Å². The summed E-state index contributed by atoms with van der Waals surface area (Å²) in [5, 5.41) is 0. The van der Waals surface area contributed by atoms with Gasteiger partial charge >= 0.3 is 0 Å². The summed E-state index contributed by atoms with van der Waals surface area (Å²) in [7, 11) is -3.90. The molecular weight excluding hydrogens is 324 g/mol. The van der Waals surface area contributed by atoms with E-state index in [-0.39, 0.29) is 4.90 Å². The molecule has 0 aliphatic rings. The minimum Gasteiger partial charge on any atom is -0.273 e. The Morgan fingerprint density at radius 2 is 1.79 bits per heavy atom. The van der Waals surface area contributed by atoms with Gasteiger partial charge in [0, 0.05) is 12.4 Å². The van der Waals surface area contributed by atoms with Crippen LogP contribution in [0.5, 0.6) is 0 Å². The summed E-state index contributed by atoms with van der Waals surface area (Å²) in [6.07, 6.45) is 3.65. The standard InChI is InChI=1S/C18H22N2O3S/c1-13(2)11-15-6-8-16(9-7-15)14(3)18(21)20-24(22,23)17-5-4-10-19-12-17/h4-10,12-14H,11H2,1-3H3,(H,20,21)/t14-/m1/s1. The van der Waals surface area contributed by atoms with Crippen LogP contribution in [0.15, 0.2) is 53.7 Å². The van der Waals surface area contributed by atoms with E-state index in [1.807, 2.05) is 24.3 Å². The van der Waals surface area contributed by atoms with Gasteiger partial charge in [0.1, 0.15) is 4.90 Å². The fraction of sp³-hybridized carbons (Fsp3) is 0.333. The Morgan fingerprint density at radius 3 is 2.33 bits per heavy atom. The molecule has 1 amide bonds. The van der Waals surface area contributed by atoms with Gasteiger partial charge in [-0.25, -0.2) is 13.1 Å². The first-order chi connectivity index (χ1) is 11.3. The predicted molar refractivity (Wildman–Crippen MR) is 93.0 cm³/mol. The molecule has 128 valence electrons. The molecule has 0 fully saturated rings. The maximum Gasteiger partial charge on any atom is 0.265 e. The molecule has 24 heavy (non-hydrogen) atoms. The van der Waals surface area contributed by atoms with Crippen molar-refractivity contribution >= 4 is 15.9 Å². The predicted octanol–water partition coefficient (Wildman–Crippen LogP) is 2.89. The maximum absolute atomic E-state index is 12.3. The van der Waals surface area contributed by atoms with E-state index in [4.69, 9.17) is 0 Å². The number of carbonyl (C=O) groups excluding carboxylic acids is 1. The number of nitrogens with one attached hydrogen (secondary N) is 1. The molecule has 0 saturated heterocycles. The van der Waals surface area contributed by atoms with E-state index in [9.17, 15) is 13.2 Å². The monoisotopic (exact) mass is 346 g/mol. The number of amides is 1. The van der Waals surface area contributed by atoms with Crippen LogP contribution in [0.25, 0.3) is 0 Å². The molecule has 1 heterocycles. The first-order valence-electron chi connectivity index (χ1n) is 7.85. The average Bonchev–Trinajstić information content (AvgIpc) is 2.55. The fourth-order valence-electron chi connectivity index (χ4n) is 2.35. The third-order valence-corrected chi connectivity index (χ3v) is 5.03. The first-order valence-corrected chi connectivity index (χ1v) is 9.33. The van der Waals surface area contributed by atoms with E-state index in [0.717, 1.165) is 12.0 Å². The summed E-state index contributed by atoms with van der Waals surface area (Å²) in [6, 6.07) is 10.6. The maximum atomic E-state index is 12.3. The number of nitrogens with zero attached hydrogens (tertiary/aromatic N) is 1. The highest BCUT2D eigenvalue weighted by molar-refractivity contribution is 7.90. The Bertz CT molecular complexity index is 785. The Balaban J connectivity index is 2.09. The molecule has 1 aromatic carbocycles. The molecule has 0 aliphatic carbocycles. The van der Waals surface area contributed by atoms with Gasteiger partial charge in [-0.1, -0.05) is 38.1 Å². The Morgan fingerprint density at radius 1 is 1.12 bits per heavy atom. The van der Waals surface area contributed by atoms with Crippen LogP contribution < -0.4 is 4.72 Å². The highest BCUT2D eigenvalue weighted by Crippen LogP contribution is 2.18. The van der Waals surface area contributed by atoms with Gasteiger partial charge in [0.2, 0.25) is 5.91 Å². The molecule has 1 aromatic heterocycles. The van der Waals surface area contributed by atoms with E-state index in [0.29, 0.717) is 5.92 Å². The zero-order valence-corrected chi connectivity index (χ0v) is 14.9. The van der Waals surface area contributed by atoms with Gasteiger partial charge in [-0.2, -0.15) is 0 Å². The molecule has 0 bridgehead atoms. The third-order valence-electron chi connectivity index (χ3n) is 3.70. The second-order valence-corrected chi connectivity index (χ2v) is 7.90. The molecule has 2 aromatic rings. The van der Waals surface area contributed by atoms with Crippen molar-refractivity contribution in [3.8, 4) is 0 Å². The third kappa shape index (κ3) is 4.64. The van der Waals surface area contributed by atoms with E-state index in [2.05, 4.69) is 23.6 Å². The van der Waals surface area contributed by atoms with Crippen LogP contribution in [0, 0.1) is 5.92 Å². The molecule has 0 radical (unpaired) electrons. The lowest BCUT2D eigenvalue weighted by Crippen LogP contribution is -2.33. The number of carbonyl (C=O) groups is 1. The van der Waals surface area contributed by atoms with E-state index < -0.39 is 21.8 Å². The Kier molecular flexibility index (Phi) is 5.72. The molecular formula is C18H22N2O3S. The highest BCUT2D eigenvalue weighted by atomic mass is 32.2. The summed E-state index contributed by atoms with van der Waals surface area (Å²) in [6.45, 7) is 5.98. The van der Waals surface area contributed by atoms with Crippen molar-refractivity contribution in [2.75, 3.05) is 0 Å². The van der Waals surface area contributed by atoms with Crippen LogP contribution >= 0.6 is 0 Å². The van der Waals surface area contributed by atoms with E-state index in [1.54, 1.807) is 6.92 Å². The number of benzene rings is 1. The van der Waals surface area contributed by atoms with Crippen LogP contribution in [0.2, 0.25) is 0 Å². The molecule has 1 atom stereocenters. The lowest BCUT2D eigenvalue weighted by atomic mass is 9.96. The van der Waals surface area contributed by atoms with Gasteiger partial charge in [-0.3, -0.25) is 9.78 Å². The second kappa shape index (κ2) is 7.57. The van der Waals surface area contributed by atoms with E-state index >= 15 is 0 Å². The fourth-order valence-corrected chi connectivity index (χ4v) is 3.37. The highest BCUT2D eigenvalue weighted by Gasteiger charge is 2.22. The van der Waals surface area contributed by atoms with Crippen molar-refractivity contribution in [1.29, 1.82) is 0 Å². The van der Waals surface area contributed by atoms with Crippen molar-refractivity contribution in [1.82, 2.24) is 9.71 Å². The van der Waals surface area contributed by atoms with E-state index in [1.165, 1.54) is 30.1 Å². The summed E-state index contributed by atoms with van der Waals surface area (Å²) in [4.78, 5) is 16.0. The van der Waals surface area contributed by atoms with Crippen molar-refractivity contribution < 1.29 is 13.2 Å². The van der Waals surface area contributed by atoms with Crippen LogP contribution in [0.4, 0.5) is 0 Å². The number of rotatable bonds is 6. The molecule has 0 unspecified atom stereocenters. The van der Waals surface area contributed by atoms with Crippen molar-refractivity contribution in [3.63, 3.8) is 0 Å². The number of hydrogen-bond acceptors (Lipinski definition) is 4. The quantitative estimate of drug-likeness (QED) is 0.872. The van der Waals surface area contributed by atoms with Gasteiger partial charge in [-0.05, 0) is 42.5 Å². The molecule has 0 saturated carbocycles. The summed E-state index contributed by atoms with van der Waals surface area (Å²) in [5.41, 5.74) is 1.98. The average molecular weight is 346 g/mol. The summed E-state index contributed by atoms with van der Waals surface area (Å²) >= 11 is 0. The molecule has 0 aliphatic heterocycles. The smallest absolute Gasteiger partial charge is 0.265 e. The lowest BCUT2D eigenvalue weighted by molar-refractivity contribution is -0.120. The molecule has 2 rings (SSSR count). The topological polar surface area (TPSA) is 76.1 Å². The normalized spacial score (nSPS) is 12.8. The first kappa shape index (κ1) is 18.1. The zero-order chi connectivity index (χ0) is 17.7. The molecule has 0 spiro atoms. The van der Waals surface area contributed by atoms with Gasteiger partial charge in [0.25, 0.3) is 10.0 Å². The summed E-state index contributed by atoms with van der Waals surface area (Å²) in [5.74, 6) is -0.568. The van der Waals surface area contributed by atoms with Crippen LogP contribution in [-0.2, 0) is 21.2 Å². The minimum absolute atomic E-state index is 0.0298. The van der Waals surface area contributed by atoms with Gasteiger partial charge in [-0.15, -0.1) is 0 Å². The Hall–Kier alpha value is -2.21. The van der Waals surface area contributed by atoms with Gasteiger partial charge in [0.05, 0.1) is 5.92 Å². The van der Waals surface area contributed by atoms with Crippen molar-refractivity contribution in [2.45, 2.75) is 38.0 Å². The van der Waals surface area contributed by atoms with Crippen LogP contribution in [0.1, 0.15) is 37.8 Å². The van der Waals surface area contributed by atoms with Gasteiger partial charge < -0.3 is 0 Å². The SMILES string of the molecule is CC(C)Cc1ccc([C@@H](C)C(=O)NS(=O)(=O)c2cccnc2)cc1. The summed E-state index contributed by atoms with van der Waals surface area (Å²) < 4.78 is 26.5. The van der Waals surface area contributed by atoms with Crippen molar-refractivity contribution in [2.24, 2.45) is 5.92 Å². The number of hydrogen-bond donors (Lipinski definition) is 1. The lowest BCUT2D eigenvalue weighted by Gasteiger charge is -2.14. The number of pyridine rings is 1. The zero-order valence-electron chi connectivity index (χ0n) is 14.1. The van der Waals surface area contributed by atoms with Crippen LogP contribution in [-0.4, -0.2) is 19.3 Å². The number of aromatic nitrogens is 1. The molecule has 1 N–H and O–H groups in total. The largest absolute Gasteiger partial charge is 0.273 e. The van der Waals surface area contributed by atoms with Gasteiger partial charge in [0.15, 0.2) is 0 Å². The number of sulfonamides is 1.